The van der Waals surface area contributed by atoms with Crippen LogP contribution < -0.4 is 23.7 Å². The monoisotopic (exact) mass is 1000 g/mol. The number of allylic oxidation sites excluding steroid dienone is 1. The van der Waals surface area contributed by atoms with Crippen molar-refractivity contribution in [2.75, 3.05) is 10.6 Å². The number of nitrogens with one attached hydrogen (secondary N) is 3. The third kappa shape index (κ3) is 9.01. The lowest BCUT2D eigenvalue weighted by atomic mass is 9.87. The number of sulfonamides is 2. The van der Waals surface area contributed by atoms with E-state index in [1.165, 1.54) is 24.3 Å². The fourth-order valence-electron chi connectivity index (χ4n) is 7.70. The Morgan fingerprint density at radius 3 is 1.90 bits per heavy atom. The van der Waals surface area contributed by atoms with E-state index in [2.05, 4.69) is 14.8 Å². The van der Waals surface area contributed by atoms with Crippen LogP contribution in [0.4, 0.5) is 43.4 Å². The molecule has 3 N–H and O–H groups in total. The zero-order valence-electron chi connectivity index (χ0n) is 37.2. The van der Waals surface area contributed by atoms with Gasteiger partial charge in [0.15, 0.2) is 0 Å². The lowest BCUT2D eigenvalue weighted by molar-refractivity contribution is -0.245. The van der Waals surface area contributed by atoms with Crippen LogP contribution in [0.25, 0.3) is 5.57 Å². The number of hydrogen-bond acceptors (Lipinski definition) is 10. The van der Waals surface area contributed by atoms with Crippen molar-refractivity contribution in [1.82, 2.24) is 4.13 Å². The normalized spacial score (nSPS) is 16.0. The highest BCUT2D eigenvalue weighted by Gasteiger charge is 2.83. The van der Waals surface area contributed by atoms with Crippen LogP contribution in [0.2, 0.25) is 0 Å². The molecule has 0 bridgehead atoms. The number of anilines is 3. The van der Waals surface area contributed by atoms with E-state index >= 15 is 26.3 Å². The lowest BCUT2D eigenvalue weighted by Crippen LogP contribution is -2.63. The lowest BCUT2D eigenvalue weighted by Gasteiger charge is -2.31. The highest BCUT2D eigenvalue weighted by Crippen LogP contribution is 2.52. The van der Waals surface area contributed by atoms with E-state index < -0.39 is 63.3 Å². The molecule has 20 heteroatoms. The second-order valence-corrected chi connectivity index (χ2v) is 21.7. The molecule has 7 rings (SSSR count). The molecule has 360 valence electrons. The van der Waals surface area contributed by atoms with Crippen LogP contribution in [0, 0.1) is 27.7 Å². The molecule has 0 saturated heterocycles. The van der Waals surface area contributed by atoms with Crippen molar-refractivity contribution in [3.8, 4) is 11.5 Å². The smallest absolute Gasteiger partial charge is 0.450 e. The van der Waals surface area contributed by atoms with Crippen LogP contribution in [-0.2, 0) is 30.2 Å². The van der Waals surface area contributed by atoms with E-state index in [1.807, 2.05) is 71.0 Å². The molecule has 2 atom stereocenters. The summed E-state index contributed by atoms with van der Waals surface area (Å²) < 4.78 is 183. The van der Waals surface area contributed by atoms with Crippen molar-refractivity contribution >= 4 is 52.8 Å². The van der Waals surface area contributed by atoms with Crippen LogP contribution in [-0.4, -0.2) is 47.7 Å². The van der Waals surface area contributed by atoms with E-state index in [0.29, 0.717) is 21.8 Å². The first kappa shape index (κ1) is 49.8. The Kier molecular flexibility index (Phi) is 13.3. The standard InChI is InChI=1S/C48H45F6N3O8S3/c1-7-28(2)33-18-22-36(23-19-33)65-68(62,63)48(53,54)46(49,50)47(51,52)67(60,61)57-66(58,59)42-17-9-8-16-39(42)43-37-24-20-34(55-44-29(3)12-10-13-30(44)4)26-40(37)64-41-27-35(21-25-38(41)43)56-45-31(5)14-11-15-32(45)6/h8-28,34,55-57H,7H2,1-6H3. The third-order valence-electron chi connectivity index (χ3n) is 11.7. The molecule has 1 heterocycles. The first-order valence-corrected chi connectivity index (χ1v) is 25.3. The second-order valence-electron chi connectivity index (χ2n) is 16.4. The summed E-state index contributed by atoms with van der Waals surface area (Å²) in [5.74, 6) is -8.09. The van der Waals surface area contributed by atoms with Crippen molar-refractivity contribution in [2.45, 2.75) is 81.3 Å². The minimum absolute atomic E-state index is 0.0558. The number of para-hydroxylation sites is 2. The van der Waals surface area contributed by atoms with Crippen LogP contribution in [0.5, 0.6) is 11.5 Å². The number of alkyl halides is 6. The molecule has 2 unspecified atom stereocenters. The SMILES string of the molecule is CCC(C)c1ccc(OS(=O)(=O)C(F)(F)C(F)(F)C(F)(F)S(=O)(=O)NS(=O)(=O)c2ccccc2C2=C3C=CC(Nc4c(C)cccc4C)C=C3Oc3cc(Nc4c(C)cccc4C)ccc32)cc1. The number of hydrogen-bond donors (Lipinski definition) is 3. The Labute approximate surface area is 390 Å². The summed E-state index contributed by atoms with van der Waals surface area (Å²) in [6.45, 7) is 11.2. The molecule has 0 radical (unpaired) electrons. The number of benzene rings is 5. The van der Waals surface area contributed by atoms with Gasteiger partial charge in [-0.05, 0) is 104 Å². The quantitative estimate of drug-likeness (QED) is 0.0642. The second kappa shape index (κ2) is 18.1. The van der Waals surface area contributed by atoms with Gasteiger partial charge in [0.05, 0.1) is 10.9 Å². The van der Waals surface area contributed by atoms with Gasteiger partial charge in [0.2, 0.25) is 0 Å². The average molecular weight is 1000 g/mol. The highest BCUT2D eigenvalue weighted by atomic mass is 32.3. The summed E-state index contributed by atoms with van der Waals surface area (Å²) in [5, 5.41) is -7.29. The molecule has 1 aliphatic heterocycles. The maximum Gasteiger partial charge on any atom is 0.450 e. The van der Waals surface area contributed by atoms with E-state index in [4.69, 9.17) is 4.74 Å². The van der Waals surface area contributed by atoms with Crippen molar-refractivity contribution < 1.29 is 60.5 Å². The van der Waals surface area contributed by atoms with Gasteiger partial charge < -0.3 is 19.6 Å². The first-order chi connectivity index (χ1) is 31.7. The van der Waals surface area contributed by atoms with Gasteiger partial charge in [-0.3, -0.25) is 0 Å². The molecular formula is C48H45F6N3O8S3. The van der Waals surface area contributed by atoms with Gasteiger partial charge in [0.25, 0.3) is 20.0 Å². The predicted octanol–water partition coefficient (Wildman–Crippen LogP) is 11.1. The van der Waals surface area contributed by atoms with E-state index in [1.54, 1.807) is 43.4 Å². The van der Waals surface area contributed by atoms with Crippen molar-refractivity contribution in [1.29, 1.82) is 0 Å². The van der Waals surface area contributed by atoms with Gasteiger partial charge in [0, 0.05) is 45.4 Å². The topological polar surface area (TPSA) is 157 Å². The van der Waals surface area contributed by atoms with Crippen LogP contribution in [0.15, 0.2) is 138 Å². The molecule has 5 aromatic carbocycles. The van der Waals surface area contributed by atoms with E-state index in [9.17, 15) is 25.3 Å². The Morgan fingerprint density at radius 1 is 0.706 bits per heavy atom. The Balaban J connectivity index is 1.27. The van der Waals surface area contributed by atoms with E-state index in [-0.39, 0.29) is 39.7 Å². The first-order valence-electron chi connectivity index (χ1n) is 20.9. The van der Waals surface area contributed by atoms with Crippen molar-refractivity contribution in [3.05, 3.63) is 172 Å². The summed E-state index contributed by atoms with van der Waals surface area (Å²) >= 11 is 0. The Hall–Kier alpha value is -6.09. The predicted molar refractivity (Wildman–Crippen MR) is 248 cm³/mol. The molecule has 0 fully saturated rings. The summed E-state index contributed by atoms with van der Waals surface area (Å²) in [6, 6.07) is 24.2. The molecule has 68 heavy (non-hydrogen) atoms. The van der Waals surface area contributed by atoms with Gasteiger partial charge in [-0.2, -0.15) is 34.8 Å². The summed E-state index contributed by atoms with van der Waals surface area (Å²) in [6.07, 6.45) is 5.60. The Bertz CT molecular complexity index is 3210. The zero-order valence-corrected chi connectivity index (χ0v) is 39.6. The van der Waals surface area contributed by atoms with Crippen LogP contribution >= 0.6 is 0 Å². The number of aryl methyl sites for hydroxylation is 4. The van der Waals surface area contributed by atoms with Crippen molar-refractivity contribution in [3.63, 3.8) is 0 Å². The molecule has 11 nitrogen and oxygen atoms in total. The molecule has 0 amide bonds. The van der Waals surface area contributed by atoms with Gasteiger partial charge >= 0.3 is 26.5 Å². The molecule has 0 aromatic heterocycles. The summed E-state index contributed by atoms with van der Waals surface area (Å²) in [4.78, 5) is -1.07. The molecule has 1 aliphatic carbocycles. The number of ether oxygens (including phenoxy) is 1. The van der Waals surface area contributed by atoms with Crippen LogP contribution in [0.1, 0.15) is 65.1 Å². The minimum Gasteiger partial charge on any atom is -0.456 e. The highest BCUT2D eigenvalue weighted by molar-refractivity contribution is 8.05. The number of fused-ring (bicyclic) bond motifs is 2. The van der Waals surface area contributed by atoms with E-state index in [0.717, 1.165) is 57.9 Å². The fourth-order valence-corrected chi connectivity index (χ4v) is 11.8. The maximum atomic E-state index is 15.6. The van der Waals surface area contributed by atoms with Gasteiger partial charge in [-0.25, -0.2) is 16.8 Å². The molecule has 0 saturated carbocycles. The molecular weight excluding hydrogens is 957 g/mol. The Morgan fingerprint density at radius 2 is 1.29 bits per heavy atom. The van der Waals surface area contributed by atoms with Gasteiger partial charge in [0.1, 0.15) is 17.3 Å². The number of halogens is 6. The minimum atomic E-state index is -7.48. The summed E-state index contributed by atoms with van der Waals surface area (Å²) in [7, 11) is -20.5. The molecule has 2 aliphatic rings. The molecule has 5 aromatic rings. The molecule has 0 spiro atoms. The number of rotatable bonds is 16. The fraction of sp³-hybridized carbons (Fsp3) is 0.250. The van der Waals surface area contributed by atoms with Gasteiger partial charge in [-0.15, -0.1) is 0 Å². The van der Waals surface area contributed by atoms with Crippen molar-refractivity contribution in [2.24, 2.45) is 0 Å². The average Bonchev–Trinajstić information content (AvgIpc) is 3.27. The summed E-state index contributed by atoms with van der Waals surface area (Å²) in [5.41, 5.74) is 6.56. The van der Waals surface area contributed by atoms with Gasteiger partial charge in [-0.1, -0.05) is 96.9 Å². The van der Waals surface area contributed by atoms with Crippen LogP contribution in [0.3, 0.4) is 0 Å². The largest absolute Gasteiger partial charge is 0.456 e. The third-order valence-corrected chi connectivity index (χ3v) is 16.6. The zero-order chi connectivity index (χ0) is 49.8. The maximum absolute atomic E-state index is 15.6.